The summed E-state index contributed by atoms with van der Waals surface area (Å²) in [7, 11) is 1.23. The van der Waals surface area contributed by atoms with Gasteiger partial charge in [-0.3, -0.25) is 0 Å². The Bertz CT molecular complexity index is 454. The van der Waals surface area contributed by atoms with E-state index in [9.17, 15) is 14.4 Å². The van der Waals surface area contributed by atoms with E-state index in [0.717, 1.165) is 6.07 Å². The molecule has 0 bridgehead atoms. The van der Waals surface area contributed by atoms with E-state index < -0.39 is 26.0 Å². The van der Waals surface area contributed by atoms with Crippen molar-refractivity contribution in [1.82, 2.24) is 4.98 Å². The van der Waals surface area contributed by atoms with Crippen molar-refractivity contribution >= 4 is 31.1 Å². The van der Waals surface area contributed by atoms with Crippen LogP contribution < -0.4 is 10.9 Å². The Labute approximate surface area is 91.0 Å². The first-order chi connectivity index (χ1) is 7.02. The molecule has 1 aromatic heterocycles. The zero-order valence-corrected chi connectivity index (χ0v) is 9.78. The predicted octanol–water partition coefficient (Wildman–Crippen LogP) is -0.756. The van der Waals surface area contributed by atoms with Crippen LogP contribution in [0.2, 0.25) is 0 Å². The van der Waals surface area contributed by atoms with Gasteiger partial charge in [-0.15, -0.1) is 0 Å². The fourth-order valence-electron chi connectivity index (χ4n) is 0.806. The molecule has 0 spiro atoms. The summed E-state index contributed by atoms with van der Waals surface area (Å²) >= 11 is -0.493. The first-order valence-electron chi connectivity index (χ1n) is 3.91. The van der Waals surface area contributed by atoms with Crippen LogP contribution in [0.1, 0.15) is 16.2 Å². The monoisotopic (exact) mass is 276 g/mol. The molecule has 0 fully saturated rings. The van der Waals surface area contributed by atoms with Gasteiger partial charge in [-0.2, -0.15) is 0 Å². The topological polar surface area (TPSA) is 85.4 Å². The number of amides is 1. The molecule has 0 aliphatic heterocycles. The average Bonchev–Trinajstić information content (AvgIpc) is 2.14. The van der Waals surface area contributed by atoms with Crippen LogP contribution >= 0.6 is 0 Å². The summed E-state index contributed by atoms with van der Waals surface area (Å²) in [5.74, 6) is -0.893. The van der Waals surface area contributed by atoms with Crippen molar-refractivity contribution in [2.24, 2.45) is 0 Å². The van der Waals surface area contributed by atoms with E-state index in [0.29, 0.717) is 0 Å². The second kappa shape index (κ2) is 4.86. The quantitative estimate of drug-likeness (QED) is 0.566. The van der Waals surface area contributed by atoms with Crippen LogP contribution in [0.3, 0.4) is 0 Å². The molecular formula is C8H8N2O4Se. The molecule has 0 aliphatic rings. The first-order valence-corrected chi connectivity index (χ1v) is 5.62. The van der Waals surface area contributed by atoms with E-state index in [-0.39, 0.29) is 15.0 Å². The maximum atomic E-state index is 11.1. The number of hydrogen-bond donors (Lipinski definition) is 1. The van der Waals surface area contributed by atoms with Crippen LogP contribution in [-0.4, -0.2) is 38.5 Å². The Balaban J connectivity index is 3.10. The molecule has 1 aromatic rings. The molecule has 0 aromatic carbocycles. The molecule has 0 atom stereocenters. The molecule has 6 nitrogen and oxygen atoms in total. The molecule has 0 radical (unpaired) electrons. The van der Waals surface area contributed by atoms with Gasteiger partial charge in [0.15, 0.2) is 0 Å². The number of rotatable bonds is 2. The molecule has 80 valence electrons. The fraction of sp³-hybridized carbons (Fsp3) is 0.250. The summed E-state index contributed by atoms with van der Waals surface area (Å²) in [5.41, 5.74) is -0.563. The van der Waals surface area contributed by atoms with E-state index in [1.807, 2.05) is 0 Å². The van der Waals surface area contributed by atoms with E-state index in [1.165, 1.54) is 14.0 Å². The molecule has 1 amide bonds. The molecule has 0 saturated heterocycles. The number of carbonyl (C=O) groups is 2. The molecule has 1 rings (SSSR count). The minimum atomic E-state index is -0.568. The summed E-state index contributed by atoms with van der Waals surface area (Å²) in [6.45, 7) is 1.30. The molecular weight excluding hydrogens is 267 g/mol. The maximum absolute atomic E-state index is 11.1. The average molecular weight is 275 g/mol. The van der Waals surface area contributed by atoms with Gasteiger partial charge in [0.25, 0.3) is 0 Å². The summed E-state index contributed by atoms with van der Waals surface area (Å²) in [6, 6.07) is 1.12. The standard InChI is InChI=1S/C8H8N2O4Se/c1-4(11)9-8-10-6(12)3-5(15-8)7(13)14-2/h3H,1-2H3,(H,9,10,11,12). The van der Waals surface area contributed by atoms with Gasteiger partial charge >= 0.3 is 90.6 Å². The second-order valence-corrected chi connectivity index (χ2v) is 4.70. The third-order valence-corrected chi connectivity index (χ3v) is 3.21. The van der Waals surface area contributed by atoms with Crippen molar-refractivity contribution in [3.63, 3.8) is 0 Å². The van der Waals surface area contributed by atoms with Crippen LogP contribution in [-0.2, 0) is 9.53 Å². The van der Waals surface area contributed by atoms with Gasteiger partial charge in [0.1, 0.15) is 0 Å². The molecule has 0 saturated carbocycles. The molecule has 7 heteroatoms. The zero-order chi connectivity index (χ0) is 11.4. The summed E-state index contributed by atoms with van der Waals surface area (Å²) in [4.78, 5) is 36.5. The number of ether oxygens (including phenoxy) is 1. The van der Waals surface area contributed by atoms with Gasteiger partial charge in [0, 0.05) is 0 Å². The van der Waals surface area contributed by atoms with Crippen LogP contribution in [0.25, 0.3) is 0 Å². The Morgan fingerprint density at radius 3 is 2.73 bits per heavy atom. The Morgan fingerprint density at radius 2 is 2.20 bits per heavy atom. The number of carbonyl (C=O) groups excluding carboxylic acids is 2. The SMILES string of the molecule is COC(=O)c1cc(=O)nc(NC(C)=O)[se]1. The number of nitrogens with zero attached hydrogens (tertiary/aromatic N) is 1. The van der Waals surface area contributed by atoms with E-state index >= 15 is 0 Å². The van der Waals surface area contributed by atoms with Crippen LogP contribution in [0.5, 0.6) is 0 Å². The third-order valence-electron chi connectivity index (χ3n) is 1.34. The zero-order valence-electron chi connectivity index (χ0n) is 8.07. The molecule has 0 aliphatic carbocycles. The van der Waals surface area contributed by atoms with Gasteiger partial charge in [-0.25, -0.2) is 0 Å². The second-order valence-electron chi connectivity index (χ2n) is 2.54. The minimum absolute atomic E-state index is 0.225. The normalized spacial score (nSPS) is 9.47. The van der Waals surface area contributed by atoms with Gasteiger partial charge in [-0.05, 0) is 0 Å². The predicted molar refractivity (Wildman–Crippen MR) is 53.1 cm³/mol. The number of esters is 1. The molecule has 0 unspecified atom stereocenters. The number of methoxy groups -OCH3 is 1. The number of anilines is 1. The Hall–Kier alpha value is -1.46. The summed E-state index contributed by atoms with van der Waals surface area (Å²) < 4.78 is 4.95. The van der Waals surface area contributed by atoms with E-state index in [1.54, 1.807) is 0 Å². The van der Waals surface area contributed by atoms with Crippen molar-refractivity contribution in [3.8, 4) is 0 Å². The van der Waals surface area contributed by atoms with E-state index in [4.69, 9.17) is 0 Å². The van der Waals surface area contributed by atoms with Gasteiger partial charge in [0.05, 0.1) is 0 Å². The van der Waals surface area contributed by atoms with Gasteiger partial charge in [0.2, 0.25) is 0 Å². The molecule has 1 N–H and O–H groups in total. The van der Waals surface area contributed by atoms with Crippen molar-refractivity contribution in [1.29, 1.82) is 0 Å². The Kier molecular flexibility index (Phi) is 3.76. The summed E-state index contributed by atoms with van der Waals surface area (Å²) in [6.07, 6.45) is 0. The van der Waals surface area contributed by atoms with Gasteiger partial charge in [-0.1, -0.05) is 0 Å². The first kappa shape index (κ1) is 11.6. The summed E-state index contributed by atoms with van der Waals surface area (Å²) in [5, 5.41) is 2.39. The molecule has 1 heterocycles. The third kappa shape index (κ3) is 3.30. The number of hydrogen-bond acceptors (Lipinski definition) is 5. The number of nitrogens with one attached hydrogen (secondary N) is 1. The fourth-order valence-corrected chi connectivity index (χ4v) is 2.62. The van der Waals surface area contributed by atoms with Crippen molar-refractivity contribution in [2.45, 2.75) is 6.92 Å². The van der Waals surface area contributed by atoms with Crippen LogP contribution in [0.4, 0.5) is 4.69 Å². The van der Waals surface area contributed by atoms with Crippen molar-refractivity contribution in [3.05, 3.63) is 20.9 Å². The number of aromatic nitrogens is 1. The van der Waals surface area contributed by atoms with Crippen molar-refractivity contribution in [2.75, 3.05) is 12.4 Å². The van der Waals surface area contributed by atoms with Crippen LogP contribution in [0.15, 0.2) is 10.9 Å². The molecule has 15 heavy (non-hydrogen) atoms. The van der Waals surface area contributed by atoms with Gasteiger partial charge < -0.3 is 0 Å². The van der Waals surface area contributed by atoms with Crippen LogP contribution in [0, 0.1) is 0 Å². The van der Waals surface area contributed by atoms with E-state index in [2.05, 4.69) is 15.0 Å². The van der Waals surface area contributed by atoms with Crippen molar-refractivity contribution < 1.29 is 14.3 Å². The Morgan fingerprint density at radius 1 is 1.53 bits per heavy atom.